The van der Waals surface area contributed by atoms with Crippen molar-refractivity contribution in [3.63, 3.8) is 0 Å². The summed E-state index contributed by atoms with van der Waals surface area (Å²) in [5.74, 6) is 0.848. The molecule has 106 valence electrons. The lowest BCUT2D eigenvalue weighted by Crippen LogP contribution is -1.92. The number of halogens is 1. The molecule has 0 atom stereocenters. The van der Waals surface area contributed by atoms with Crippen molar-refractivity contribution >= 4 is 27.0 Å². The molecule has 0 aliphatic rings. The molecule has 21 heavy (non-hydrogen) atoms. The predicted octanol–water partition coefficient (Wildman–Crippen LogP) is 4.68. The fourth-order valence-corrected chi connectivity index (χ4v) is 2.82. The fraction of sp³-hybridized carbons (Fsp3) is 0.176. The molecule has 0 spiro atoms. The lowest BCUT2D eigenvalue weighted by Gasteiger charge is -2.10. The van der Waals surface area contributed by atoms with E-state index in [-0.39, 0.29) is 0 Å². The van der Waals surface area contributed by atoms with Crippen LogP contribution in [0.1, 0.15) is 11.3 Å². The van der Waals surface area contributed by atoms with Crippen LogP contribution in [0.15, 0.2) is 41.0 Å². The van der Waals surface area contributed by atoms with Crippen LogP contribution in [0.25, 0.3) is 22.2 Å². The molecular formula is C17H15BrN2O. The van der Waals surface area contributed by atoms with Crippen molar-refractivity contribution in [3.8, 4) is 16.9 Å². The summed E-state index contributed by atoms with van der Waals surface area (Å²) in [6.07, 6.45) is 1.80. The molecule has 1 heterocycles. The summed E-state index contributed by atoms with van der Waals surface area (Å²) in [5.41, 5.74) is 5.98. The molecule has 0 unspecified atom stereocenters. The number of aryl methyl sites for hydroxylation is 2. The van der Waals surface area contributed by atoms with Crippen LogP contribution in [-0.2, 0) is 0 Å². The van der Waals surface area contributed by atoms with Gasteiger partial charge in [-0.25, -0.2) is 4.98 Å². The standard InChI is InChI=1S/C17H15BrN2O/c1-10-6-12(8-13(7-10)21-3)14-4-5-15(18)17-16(14)19-9-11(2)20-17/h4-9H,1-3H3. The Hall–Kier alpha value is -1.94. The molecule has 2 aromatic carbocycles. The largest absolute Gasteiger partial charge is 0.497 e. The molecule has 3 nitrogen and oxygen atoms in total. The van der Waals surface area contributed by atoms with Crippen molar-refractivity contribution in [2.24, 2.45) is 0 Å². The highest BCUT2D eigenvalue weighted by Gasteiger charge is 2.11. The van der Waals surface area contributed by atoms with Crippen molar-refractivity contribution in [1.82, 2.24) is 9.97 Å². The quantitative estimate of drug-likeness (QED) is 0.677. The Kier molecular flexibility index (Phi) is 3.64. The van der Waals surface area contributed by atoms with Gasteiger partial charge in [-0.2, -0.15) is 0 Å². The van der Waals surface area contributed by atoms with Gasteiger partial charge in [0.1, 0.15) is 11.3 Å². The van der Waals surface area contributed by atoms with E-state index in [1.807, 2.05) is 25.1 Å². The summed E-state index contributed by atoms with van der Waals surface area (Å²) in [6, 6.07) is 10.2. The van der Waals surface area contributed by atoms with Gasteiger partial charge in [-0.15, -0.1) is 0 Å². The van der Waals surface area contributed by atoms with Crippen LogP contribution in [0, 0.1) is 13.8 Å². The van der Waals surface area contributed by atoms with Gasteiger partial charge in [-0.1, -0.05) is 12.1 Å². The van der Waals surface area contributed by atoms with Crippen molar-refractivity contribution in [2.45, 2.75) is 13.8 Å². The van der Waals surface area contributed by atoms with Crippen LogP contribution in [0.3, 0.4) is 0 Å². The SMILES string of the molecule is COc1cc(C)cc(-c2ccc(Br)c3nc(C)cnc23)c1. The molecule has 0 radical (unpaired) electrons. The summed E-state index contributed by atoms with van der Waals surface area (Å²) in [4.78, 5) is 9.16. The smallest absolute Gasteiger partial charge is 0.119 e. The van der Waals surface area contributed by atoms with Crippen molar-refractivity contribution in [3.05, 3.63) is 52.3 Å². The molecule has 4 heteroatoms. The minimum atomic E-state index is 0.848. The number of aromatic nitrogens is 2. The number of hydrogen-bond donors (Lipinski definition) is 0. The van der Waals surface area contributed by atoms with Gasteiger partial charge in [0.2, 0.25) is 0 Å². The van der Waals surface area contributed by atoms with Crippen LogP contribution in [0.4, 0.5) is 0 Å². The second-order valence-electron chi connectivity index (χ2n) is 5.04. The van der Waals surface area contributed by atoms with E-state index in [1.165, 1.54) is 0 Å². The van der Waals surface area contributed by atoms with Gasteiger partial charge in [-0.05, 0) is 59.1 Å². The Bertz CT molecular complexity index is 830. The third kappa shape index (κ3) is 2.63. The van der Waals surface area contributed by atoms with Crippen molar-refractivity contribution < 1.29 is 4.74 Å². The molecule has 0 saturated heterocycles. The third-order valence-corrected chi connectivity index (χ3v) is 4.01. The van der Waals surface area contributed by atoms with Gasteiger partial charge in [-0.3, -0.25) is 4.98 Å². The van der Waals surface area contributed by atoms with Crippen LogP contribution >= 0.6 is 15.9 Å². The lowest BCUT2D eigenvalue weighted by molar-refractivity contribution is 0.414. The molecule has 1 aromatic heterocycles. The molecular weight excluding hydrogens is 328 g/mol. The topological polar surface area (TPSA) is 35.0 Å². The first kappa shape index (κ1) is 14.0. The van der Waals surface area contributed by atoms with Crippen LogP contribution in [-0.4, -0.2) is 17.1 Å². The number of methoxy groups -OCH3 is 1. The Labute approximate surface area is 132 Å². The van der Waals surface area contributed by atoms with Gasteiger partial charge in [0, 0.05) is 16.2 Å². The number of fused-ring (bicyclic) bond motifs is 1. The first-order chi connectivity index (χ1) is 10.1. The van der Waals surface area contributed by atoms with Crippen LogP contribution < -0.4 is 4.74 Å². The first-order valence-corrected chi connectivity index (χ1v) is 7.45. The average molecular weight is 343 g/mol. The predicted molar refractivity (Wildman–Crippen MR) is 88.7 cm³/mol. The number of nitrogens with zero attached hydrogens (tertiary/aromatic N) is 2. The highest BCUT2D eigenvalue weighted by Crippen LogP contribution is 2.33. The van der Waals surface area contributed by atoms with E-state index in [2.05, 4.69) is 45.0 Å². The molecule has 0 fully saturated rings. The van der Waals surface area contributed by atoms with Gasteiger partial charge in [0.25, 0.3) is 0 Å². The van der Waals surface area contributed by atoms with Gasteiger partial charge < -0.3 is 4.74 Å². The van der Waals surface area contributed by atoms with Crippen LogP contribution in [0.5, 0.6) is 5.75 Å². The van der Waals surface area contributed by atoms with E-state index < -0.39 is 0 Å². The van der Waals surface area contributed by atoms with E-state index in [1.54, 1.807) is 13.3 Å². The molecule has 3 rings (SSSR count). The summed E-state index contributed by atoms with van der Waals surface area (Å²) in [5, 5.41) is 0. The maximum atomic E-state index is 5.37. The number of benzene rings is 2. The minimum absolute atomic E-state index is 0.848. The van der Waals surface area contributed by atoms with Crippen LogP contribution in [0.2, 0.25) is 0 Å². The number of hydrogen-bond acceptors (Lipinski definition) is 3. The minimum Gasteiger partial charge on any atom is -0.497 e. The van der Waals surface area contributed by atoms with Gasteiger partial charge in [0.05, 0.1) is 18.3 Å². The Balaban J connectivity index is 2.30. The molecule has 0 aliphatic carbocycles. The summed E-state index contributed by atoms with van der Waals surface area (Å²) < 4.78 is 6.32. The zero-order valence-corrected chi connectivity index (χ0v) is 13.7. The summed E-state index contributed by atoms with van der Waals surface area (Å²) in [6.45, 7) is 4.00. The van der Waals surface area contributed by atoms with Crippen molar-refractivity contribution in [1.29, 1.82) is 0 Å². The summed E-state index contributed by atoms with van der Waals surface area (Å²) >= 11 is 3.55. The van der Waals surface area contributed by atoms with Crippen molar-refractivity contribution in [2.75, 3.05) is 7.11 Å². The molecule has 0 saturated carbocycles. The van der Waals surface area contributed by atoms with E-state index >= 15 is 0 Å². The highest BCUT2D eigenvalue weighted by molar-refractivity contribution is 9.10. The zero-order chi connectivity index (χ0) is 15.0. The Morgan fingerprint density at radius 3 is 2.62 bits per heavy atom. The number of rotatable bonds is 2. The Morgan fingerprint density at radius 1 is 1.05 bits per heavy atom. The average Bonchev–Trinajstić information content (AvgIpc) is 2.47. The highest BCUT2D eigenvalue weighted by atomic mass is 79.9. The monoisotopic (exact) mass is 342 g/mol. The fourth-order valence-electron chi connectivity index (χ4n) is 2.41. The molecule has 0 amide bonds. The molecule has 0 aliphatic heterocycles. The maximum absolute atomic E-state index is 5.37. The molecule has 0 N–H and O–H groups in total. The molecule has 0 bridgehead atoms. The second-order valence-corrected chi connectivity index (χ2v) is 5.90. The van der Waals surface area contributed by atoms with Gasteiger partial charge in [0.15, 0.2) is 0 Å². The van der Waals surface area contributed by atoms with E-state index in [9.17, 15) is 0 Å². The summed E-state index contributed by atoms with van der Waals surface area (Å²) in [7, 11) is 1.68. The van der Waals surface area contributed by atoms with E-state index in [0.717, 1.165) is 43.6 Å². The first-order valence-electron chi connectivity index (χ1n) is 6.66. The number of ether oxygens (including phenoxy) is 1. The lowest BCUT2D eigenvalue weighted by atomic mass is 10.0. The third-order valence-electron chi connectivity index (χ3n) is 3.37. The second kappa shape index (κ2) is 5.45. The zero-order valence-electron chi connectivity index (χ0n) is 12.1. The molecule has 3 aromatic rings. The van der Waals surface area contributed by atoms with E-state index in [0.29, 0.717) is 0 Å². The normalized spacial score (nSPS) is 10.9. The van der Waals surface area contributed by atoms with Gasteiger partial charge >= 0.3 is 0 Å². The Morgan fingerprint density at radius 2 is 1.86 bits per heavy atom. The van der Waals surface area contributed by atoms with E-state index in [4.69, 9.17) is 4.74 Å². The maximum Gasteiger partial charge on any atom is 0.119 e.